The first-order valence-corrected chi connectivity index (χ1v) is 3.78. The van der Waals surface area contributed by atoms with E-state index >= 15 is 0 Å². The molecule has 3 heteroatoms. The minimum atomic E-state index is 0.253. The van der Waals surface area contributed by atoms with Crippen molar-refractivity contribution < 1.29 is 5.11 Å². The zero-order valence-electron chi connectivity index (χ0n) is 5.10. The molecule has 0 aromatic rings. The van der Waals surface area contributed by atoms with Crippen LogP contribution >= 0.6 is 15.9 Å². The van der Waals surface area contributed by atoms with Crippen molar-refractivity contribution in [1.29, 1.82) is 0 Å². The Kier molecular flexibility index (Phi) is 5.81. The van der Waals surface area contributed by atoms with Crippen molar-refractivity contribution in [2.75, 3.05) is 32.1 Å². The molecule has 0 atom stereocenters. The second-order valence-corrected chi connectivity index (χ2v) is 2.51. The predicted octanol–water partition coefficient (Wildman–Crippen LogP) is 0.305. The van der Waals surface area contributed by atoms with E-state index in [0.29, 0.717) is 0 Å². The number of likely N-dealkylation sites (N-methyl/N-ethyl adjacent to an activating group) is 1. The minimum Gasteiger partial charge on any atom is -0.395 e. The molecule has 0 heterocycles. The van der Waals surface area contributed by atoms with Crippen LogP contribution in [-0.2, 0) is 0 Å². The molecular weight excluding hydrogens is 170 g/mol. The van der Waals surface area contributed by atoms with Crippen molar-refractivity contribution in [3.05, 3.63) is 0 Å². The largest absolute Gasteiger partial charge is 0.395 e. The first-order chi connectivity index (χ1) is 3.81. The van der Waals surface area contributed by atoms with Gasteiger partial charge in [0.05, 0.1) is 6.61 Å². The summed E-state index contributed by atoms with van der Waals surface area (Å²) in [6.07, 6.45) is 0. The van der Waals surface area contributed by atoms with Gasteiger partial charge in [-0.3, -0.25) is 0 Å². The highest BCUT2D eigenvalue weighted by Crippen LogP contribution is 1.84. The molecule has 8 heavy (non-hydrogen) atoms. The summed E-state index contributed by atoms with van der Waals surface area (Å²) in [5.41, 5.74) is 0. The van der Waals surface area contributed by atoms with Crippen LogP contribution in [-0.4, -0.2) is 42.1 Å². The summed E-state index contributed by atoms with van der Waals surface area (Å²) in [6, 6.07) is 0. The van der Waals surface area contributed by atoms with E-state index in [-0.39, 0.29) is 6.61 Å². The molecule has 0 saturated carbocycles. The van der Waals surface area contributed by atoms with Crippen LogP contribution in [0.25, 0.3) is 0 Å². The number of aliphatic hydroxyl groups is 1. The first-order valence-electron chi connectivity index (χ1n) is 2.66. The fourth-order valence-corrected chi connectivity index (χ4v) is 1.03. The van der Waals surface area contributed by atoms with Gasteiger partial charge in [0.25, 0.3) is 0 Å². The van der Waals surface area contributed by atoms with Crippen LogP contribution in [0.4, 0.5) is 0 Å². The fraction of sp³-hybridized carbons (Fsp3) is 1.00. The van der Waals surface area contributed by atoms with Crippen molar-refractivity contribution in [1.82, 2.24) is 4.90 Å². The Balaban J connectivity index is 2.92. The number of nitrogens with zero attached hydrogens (tertiary/aromatic N) is 1. The maximum atomic E-state index is 8.41. The SMILES string of the molecule is CN(CCO)CCBr. The molecule has 2 nitrogen and oxygen atoms in total. The van der Waals surface area contributed by atoms with Gasteiger partial charge in [-0.1, -0.05) is 15.9 Å². The highest BCUT2D eigenvalue weighted by molar-refractivity contribution is 9.09. The summed E-state index contributed by atoms with van der Waals surface area (Å²) >= 11 is 3.30. The topological polar surface area (TPSA) is 23.5 Å². The highest BCUT2D eigenvalue weighted by Gasteiger charge is 1.91. The molecule has 0 radical (unpaired) electrons. The molecule has 0 spiro atoms. The van der Waals surface area contributed by atoms with Crippen LogP contribution in [0.1, 0.15) is 0 Å². The lowest BCUT2D eigenvalue weighted by molar-refractivity contribution is 0.228. The van der Waals surface area contributed by atoms with Gasteiger partial charge in [0, 0.05) is 18.4 Å². The number of hydrogen-bond donors (Lipinski definition) is 1. The Bertz CT molecular complexity index is 45.7. The Morgan fingerprint density at radius 3 is 2.50 bits per heavy atom. The molecule has 0 bridgehead atoms. The second-order valence-electron chi connectivity index (χ2n) is 1.72. The molecular formula is C5H12BrNO. The van der Waals surface area contributed by atoms with Crippen molar-refractivity contribution >= 4 is 15.9 Å². The van der Waals surface area contributed by atoms with Crippen molar-refractivity contribution in [2.45, 2.75) is 0 Å². The van der Waals surface area contributed by atoms with Gasteiger partial charge in [0.1, 0.15) is 0 Å². The van der Waals surface area contributed by atoms with Crippen LogP contribution in [0, 0.1) is 0 Å². The molecule has 0 aliphatic rings. The molecule has 50 valence electrons. The zero-order chi connectivity index (χ0) is 6.41. The average Bonchev–Trinajstić information content (AvgIpc) is 1.68. The Labute approximate surface area is 58.6 Å². The Hall–Kier alpha value is 0.400. The summed E-state index contributed by atoms with van der Waals surface area (Å²) in [5.74, 6) is 0. The quantitative estimate of drug-likeness (QED) is 0.632. The predicted molar refractivity (Wildman–Crippen MR) is 38.4 cm³/mol. The third-order valence-electron chi connectivity index (χ3n) is 0.948. The van der Waals surface area contributed by atoms with Gasteiger partial charge in [-0.25, -0.2) is 0 Å². The van der Waals surface area contributed by atoms with E-state index in [0.717, 1.165) is 18.4 Å². The van der Waals surface area contributed by atoms with Crippen LogP contribution in [0.5, 0.6) is 0 Å². The van der Waals surface area contributed by atoms with Crippen molar-refractivity contribution in [2.24, 2.45) is 0 Å². The van der Waals surface area contributed by atoms with Crippen molar-refractivity contribution in [3.63, 3.8) is 0 Å². The maximum Gasteiger partial charge on any atom is 0.0558 e. The van der Waals surface area contributed by atoms with Gasteiger partial charge in [-0.2, -0.15) is 0 Å². The smallest absolute Gasteiger partial charge is 0.0558 e. The third kappa shape index (κ3) is 4.56. The van der Waals surface area contributed by atoms with Crippen LogP contribution in [0.15, 0.2) is 0 Å². The van der Waals surface area contributed by atoms with E-state index in [1.54, 1.807) is 0 Å². The van der Waals surface area contributed by atoms with E-state index < -0.39 is 0 Å². The average molecular weight is 182 g/mol. The molecule has 1 N–H and O–H groups in total. The van der Waals surface area contributed by atoms with E-state index in [4.69, 9.17) is 5.11 Å². The Morgan fingerprint density at radius 2 is 2.12 bits per heavy atom. The van der Waals surface area contributed by atoms with E-state index in [2.05, 4.69) is 20.8 Å². The number of hydrogen-bond acceptors (Lipinski definition) is 2. The number of halogens is 1. The standard InChI is InChI=1S/C5H12BrNO/c1-7(3-2-6)4-5-8/h8H,2-5H2,1H3. The molecule has 0 aliphatic carbocycles. The molecule has 0 fully saturated rings. The van der Waals surface area contributed by atoms with Gasteiger partial charge < -0.3 is 10.0 Å². The van der Waals surface area contributed by atoms with E-state index in [1.807, 2.05) is 7.05 Å². The van der Waals surface area contributed by atoms with E-state index in [1.165, 1.54) is 0 Å². The van der Waals surface area contributed by atoms with Gasteiger partial charge in [-0.05, 0) is 7.05 Å². The first kappa shape index (κ1) is 8.40. The van der Waals surface area contributed by atoms with Crippen LogP contribution in [0.2, 0.25) is 0 Å². The van der Waals surface area contributed by atoms with Gasteiger partial charge in [-0.15, -0.1) is 0 Å². The lowest BCUT2D eigenvalue weighted by Crippen LogP contribution is -2.23. The summed E-state index contributed by atoms with van der Waals surface area (Å²) in [5, 5.41) is 9.38. The molecule has 0 aromatic carbocycles. The highest BCUT2D eigenvalue weighted by atomic mass is 79.9. The molecule has 0 saturated heterocycles. The second kappa shape index (κ2) is 5.54. The zero-order valence-corrected chi connectivity index (χ0v) is 6.69. The summed E-state index contributed by atoms with van der Waals surface area (Å²) in [4.78, 5) is 2.06. The monoisotopic (exact) mass is 181 g/mol. The Morgan fingerprint density at radius 1 is 1.50 bits per heavy atom. The molecule has 0 unspecified atom stereocenters. The molecule has 0 rings (SSSR count). The van der Waals surface area contributed by atoms with Gasteiger partial charge in [0.2, 0.25) is 0 Å². The lowest BCUT2D eigenvalue weighted by Gasteiger charge is -2.11. The maximum absolute atomic E-state index is 8.41. The van der Waals surface area contributed by atoms with Crippen molar-refractivity contribution in [3.8, 4) is 0 Å². The number of aliphatic hydroxyl groups excluding tert-OH is 1. The summed E-state index contributed by atoms with van der Waals surface area (Å²) < 4.78 is 0. The van der Waals surface area contributed by atoms with Crippen LogP contribution < -0.4 is 0 Å². The third-order valence-corrected chi connectivity index (χ3v) is 1.30. The molecule has 0 amide bonds. The summed E-state index contributed by atoms with van der Waals surface area (Å²) in [6.45, 7) is 2.02. The minimum absolute atomic E-state index is 0.253. The normalized spacial score (nSPS) is 10.5. The molecule has 0 aromatic heterocycles. The number of alkyl halides is 1. The lowest BCUT2D eigenvalue weighted by atomic mass is 10.6. The molecule has 0 aliphatic heterocycles. The van der Waals surface area contributed by atoms with Gasteiger partial charge >= 0.3 is 0 Å². The van der Waals surface area contributed by atoms with Gasteiger partial charge in [0.15, 0.2) is 0 Å². The number of rotatable bonds is 4. The van der Waals surface area contributed by atoms with E-state index in [9.17, 15) is 0 Å². The van der Waals surface area contributed by atoms with Crippen LogP contribution in [0.3, 0.4) is 0 Å². The fourth-order valence-electron chi connectivity index (χ4n) is 0.427. The summed E-state index contributed by atoms with van der Waals surface area (Å²) in [7, 11) is 1.98.